The molecule has 0 aliphatic rings. The van der Waals surface area contributed by atoms with Crippen LogP contribution in [-0.2, 0) is 13.6 Å². The number of halogens is 1. The average molecular weight is 306 g/mol. The largest absolute Gasteiger partial charge is 0.318 e. The number of rotatable bonds is 5. The molecule has 0 N–H and O–H groups in total. The Balaban J connectivity index is 2.33. The monoisotopic (exact) mass is 305 g/mol. The summed E-state index contributed by atoms with van der Waals surface area (Å²) < 4.78 is 3.07. The maximum Gasteiger partial charge on any atom is 0.255 e. The van der Waals surface area contributed by atoms with E-state index < -0.39 is 0 Å². The summed E-state index contributed by atoms with van der Waals surface area (Å²) in [5.41, 5.74) is 1.77. The van der Waals surface area contributed by atoms with Gasteiger partial charge in [-0.2, -0.15) is 10.2 Å². The van der Waals surface area contributed by atoms with Crippen LogP contribution in [0.5, 0.6) is 0 Å². The van der Waals surface area contributed by atoms with E-state index in [2.05, 4.69) is 23.5 Å². The van der Waals surface area contributed by atoms with Gasteiger partial charge in [0.15, 0.2) is 0 Å². The van der Waals surface area contributed by atoms with Gasteiger partial charge < -0.3 is 4.57 Å². The number of aryl methyl sites for hydroxylation is 1. The van der Waals surface area contributed by atoms with Crippen molar-refractivity contribution in [3.05, 3.63) is 57.7 Å². The van der Waals surface area contributed by atoms with E-state index in [1.54, 1.807) is 37.2 Å². The van der Waals surface area contributed by atoms with Crippen molar-refractivity contribution in [2.75, 3.05) is 7.05 Å². The number of nitrogens with zero attached hydrogens (tertiary/aromatic N) is 5. The van der Waals surface area contributed by atoms with Crippen LogP contribution < -0.4 is 5.56 Å². The van der Waals surface area contributed by atoms with Crippen molar-refractivity contribution >= 4 is 24.0 Å². The molecule has 0 bridgehead atoms. The molecule has 0 amide bonds. The Morgan fingerprint density at radius 2 is 2.29 bits per heavy atom. The molecule has 0 radical (unpaired) electrons. The summed E-state index contributed by atoms with van der Waals surface area (Å²) in [6, 6.07) is 3.57. The third-order valence-electron chi connectivity index (χ3n) is 3.21. The second kappa shape index (κ2) is 5.97. The van der Waals surface area contributed by atoms with Gasteiger partial charge in [-0.3, -0.25) is 9.80 Å². The molecule has 2 heterocycles. The maximum atomic E-state index is 12.0. The fourth-order valence-corrected chi connectivity index (χ4v) is 2.13. The fourth-order valence-electron chi connectivity index (χ4n) is 1.87. The van der Waals surface area contributed by atoms with Crippen molar-refractivity contribution < 1.29 is 0 Å². The number of hydrogen-bond donors (Lipinski definition) is 0. The van der Waals surface area contributed by atoms with Gasteiger partial charge in [0, 0.05) is 32.6 Å². The SMILES string of the molecule is C=NN(C)C(=C)c1cnn(Cc2cccn(C)c2=O)c1Cl. The van der Waals surface area contributed by atoms with Gasteiger partial charge in [-0.05, 0) is 6.07 Å². The Morgan fingerprint density at radius 3 is 2.95 bits per heavy atom. The lowest BCUT2D eigenvalue weighted by Gasteiger charge is -2.14. The van der Waals surface area contributed by atoms with Crippen LogP contribution in [0.1, 0.15) is 11.1 Å². The first-order chi connectivity index (χ1) is 9.95. The Kier molecular flexibility index (Phi) is 4.28. The Morgan fingerprint density at radius 1 is 1.57 bits per heavy atom. The van der Waals surface area contributed by atoms with Gasteiger partial charge in [0.25, 0.3) is 5.56 Å². The van der Waals surface area contributed by atoms with E-state index in [0.29, 0.717) is 28.5 Å². The van der Waals surface area contributed by atoms with E-state index in [4.69, 9.17) is 11.6 Å². The molecule has 7 heteroatoms. The lowest BCUT2D eigenvalue weighted by Crippen LogP contribution is -2.22. The summed E-state index contributed by atoms with van der Waals surface area (Å²) in [5.74, 6) is 0. The summed E-state index contributed by atoms with van der Waals surface area (Å²) in [6.45, 7) is 7.63. The highest BCUT2D eigenvalue weighted by Crippen LogP contribution is 2.24. The average Bonchev–Trinajstić information content (AvgIpc) is 2.83. The molecular formula is C14H16ClN5O. The number of hydrogen-bond acceptors (Lipinski definition) is 4. The van der Waals surface area contributed by atoms with E-state index in [9.17, 15) is 4.79 Å². The molecule has 0 aliphatic heterocycles. The zero-order chi connectivity index (χ0) is 15.6. The molecule has 0 aromatic carbocycles. The molecule has 0 atom stereocenters. The van der Waals surface area contributed by atoms with Gasteiger partial charge in [-0.15, -0.1) is 0 Å². The van der Waals surface area contributed by atoms with Gasteiger partial charge >= 0.3 is 0 Å². The highest BCUT2D eigenvalue weighted by atomic mass is 35.5. The standard InChI is InChI=1S/C14H16ClN5O/c1-10(19(4)16-2)12-8-17-20(13(12)15)9-11-6-5-7-18(3)14(11)21/h5-8H,1-2,9H2,3-4H3. The fraction of sp³-hybridized carbons (Fsp3) is 0.214. The second-order valence-corrected chi connectivity index (χ2v) is 4.93. The van der Waals surface area contributed by atoms with E-state index in [0.717, 1.165) is 0 Å². The molecular weight excluding hydrogens is 290 g/mol. The molecule has 0 fully saturated rings. The molecule has 2 rings (SSSR count). The first-order valence-corrected chi connectivity index (χ1v) is 6.59. The molecule has 0 aliphatic carbocycles. The van der Waals surface area contributed by atoms with Crippen molar-refractivity contribution in [2.45, 2.75) is 6.54 Å². The molecule has 0 spiro atoms. The van der Waals surface area contributed by atoms with Gasteiger partial charge in [-0.25, -0.2) is 4.68 Å². The summed E-state index contributed by atoms with van der Waals surface area (Å²) >= 11 is 6.30. The highest BCUT2D eigenvalue weighted by molar-refractivity contribution is 6.31. The smallest absolute Gasteiger partial charge is 0.255 e. The zero-order valence-electron chi connectivity index (χ0n) is 12.0. The lowest BCUT2D eigenvalue weighted by atomic mass is 10.2. The third-order valence-corrected chi connectivity index (χ3v) is 3.61. The summed E-state index contributed by atoms with van der Waals surface area (Å²) in [7, 11) is 3.42. The molecule has 6 nitrogen and oxygen atoms in total. The van der Waals surface area contributed by atoms with Crippen molar-refractivity contribution in [3.63, 3.8) is 0 Å². The van der Waals surface area contributed by atoms with Gasteiger partial charge in [0.1, 0.15) is 5.15 Å². The van der Waals surface area contributed by atoms with Crippen LogP contribution >= 0.6 is 11.6 Å². The Hall–Kier alpha value is -2.34. The van der Waals surface area contributed by atoms with Crippen LogP contribution in [0.15, 0.2) is 41.0 Å². The van der Waals surface area contributed by atoms with Gasteiger partial charge in [0.2, 0.25) is 0 Å². The zero-order valence-corrected chi connectivity index (χ0v) is 12.7. The van der Waals surface area contributed by atoms with E-state index in [-0.39, 0.29) is 5.56 Å². The number of hydrazone groups is 1. The molecule has 0 saturated carbocycles. The minimum Gasteiger partial charge on any atom is -0.318 e. The van der Waals surface area contributed by atoms with Crippen LogP contribution in [0.4, 0.5) is 0 Å². The molecule has 2 aromatic heterocycles. The van der Waals surface area contributed by atoms with Crippen molar-refractivity contribution in [3.8, 4) is 0 Å². The van der Waals surface area contributed by atoms with Crippen LogP contribution in [0.2, 0.25) is 5.15 Å². The molecule has 21 heavy (non-hydrogen) atoms. The van der Waals surface area contributed by atoms with E-state index in [1.807, 2.05) is 6.07 Å². The number of pyridine rings is 1. The van der Waals surface area contributed by atoms with Crippen LogP contribution in [0.3, 0.4) is 0 Å². The lowest BCUT2D eigenvalue weighted by molar-refractivity contribution is 0.523. The quantitative estimate of drug-likeness (QED) is 0.625. The van der Waals surface area contributed by atoms with Crippen molar-refractivity contribution in [1.82, 2.24) is 19.4 Å². The van der Waals surface area contributed by atoms with Gasteiger partial charge in [-0.1, -0.05) is 24.2 Å². The molecule has 0 saturated heterocycles. The van der Waals surface area contributed by atoms with E-state index in [1.165, 1.54) is 9.58 Å². The minimum absolute atomic E-state index is 0.0747. The van der Waals surface area contributed by atoms with Gasteiger partial charge in [0.05, 0.1) is 24.0 Å². The molecule has 0 unspecified atom stereocenters. The minimum atomic E-state index is -0.0747. The Labute approximate surface area is 127 Å². The third kappa shape index (κ3) is 2.90. The first-order valence-electron chi connectivity index (χ1n) is 6.21. The Bertz CT molecular complexity index is 746. The van der Waals surface area contributed by atoms with Crippen LogP contribution in [0.25, 0.3) is 5.70 Å². The summed E-state index contributed by atoms with van der Waals surface area (Å²) in [5, 5.41) is 9.88. The van der Waals surface area contributed by atoms with Crippen LogP contribution in [0, 0.1) is 0 Å². The van der Waals surface area contributed by atoms with Crippen molar-refractivity contribution in [2.24, 2.45) is 12.1 Å². The molecule has 110 valence electrons. The van der Waals surface area contributed by atoms with Crippen molar-refractivity contribution in [1.29, 1.82) is 0 Å². The normalized spacial score (nSPS) is 10.4. The predicted octanol–water partition coefficient (Wildman–Crippen LogP) is 1.80. The maximum absolute atomic E-state index is 12.0. The first kappa shape index (κ1) is 15.1. The predicted molar refractivity (Wildman–Crippen MR) is 84.4 cm³/mol. The topological polar surface area (TPSA) is 55.4 Å². The van der Waals surface area contributed by atoms with Crippen LogP contribution in [-0.4, -0.2) is 33.1 Å². The van der Waals surface area contributed by atoms with E-state index >= 15 is 0 Å². The highest BCUT2D eigenvalue weighted by Gasteiger charge is 2.15. The summed E-state index contributed by atoms with van der Waals surface area (Å²) in [6.07, 6.45) is 3.30. The molecule has 2 aromatic rings. The number of aromatic nitrogens is 3. The summed E-state index contributed by atoms with van der Waals surface area (Å²) in [4.78, 5) is 12.0. The second-order valence-electron chi connectivity index (χ2n) is 4.57.